The molecule has 8 nitrogen and oxygen atoms in total. The van der Waals surface area contributed by atoms with E-state index in [9.17, 15) is 33.0 Å². The summed E-state index contributed by atoms with van der Waals surface area (Å²) in [5.74, 6) is -6.10. The minimum atomic E-state index is -1.35. The van der Waals surface area contributed by atoms with Gasteiger partial charge in [0.2, 0.25) is 5.43 Å². The van der Waals surface area contributed by atoms with Crippen LogP contribution >= 0.6 is 0 Å². The van der Waals surface area contributed by atoms with Crippen LogP contribution in [0.15, 0.2) is 29.2 Å². The summed E-state index contributed by atoms with van der Waals surface area (Å²) in [7, 11) is 0. The van der Waals surface area contributed by atoms with Crippen LogP contribution in [0, 0.1) is 29.2 Å². The molecule has 1 aliphatic heterocycles. The van der Waals surface area contributed by atoms with E-state index in [2.05, 4.69) is 10.3 Å². The number of rotatable bonds is 6. The van der Waals surface area contributed by atoms with Crippen molar-refractivity contribution < 1.29 is 32.6 Å². The van der Waals surface area contributed by atoms with Gasteiger partial charge in [-0.2, -0.15) is 0 Å². The van der Waals surface area contributed by atoms with Gasteiger partial charge in [-0.15, -0.1) is 0 Å². The van der Waals surface area contributed by atoms with E-state index in [4.69, 9.17) is 0 Å². The molecule has 3 heterocycles. The molecule has 198 valence electrons. The number of β-amino-alcohol motifs (C(OH)–C–C–N with tert-alkyl or cyclic N) is 2. The Hall–Kier alpha value is -3.51. The Bertz CT molecular complexity index is 1400. The summed E-state index contributed by atoms with van der Waals surface area (Å²) in [5, 5.41) is 22.0. The first kappa shape index (κ1) is 26.6. The highest BCUT2D eigenvalue weighted by Crippen LogP contribution is 2.28. The molecule has 12 heteroatoms. The average molecular weight is 522 g/mol. The summed E-state index contributed by atoms with van der Waals surface area (Å²) in [6.45, 7) is 5.19. The molecular formula is C25H26F4N4O4. The number of carbonyl (C=O) groups excluding carboxylic acids is 1. The van der Waals surface area contributed by atoms with Gasteiger partial charge in [0.05, 0.1) is 17.6 Å². The minimum absolute atomic E-state index is 0.0106. The van der Waals surface area contributed by atoms with Crippen LogP contribution in [-0.2, 0) is 0 Å². The number of aliphatic hydroxyl groups excluding tert-OH is 2. The maximum Gasteiger partial charge on any atom is 0.257 e. The van der Waals surface area contributed by atoms with Gasteiger partial charge in [0.15, 0.2) is 28.9 Å². The van der Waals surface area contributed by atoms with Crippen molar-refractivity contribution in [3.8, 4) is 5.69 Å². The summed E-state index contributed by atoms with van der Waals surface area (Å²) in [5.41, 5.74) is -2.68. The molecule has 0 bridgehead atoms. The highest BCUT2D eigenvalue weighted by atomic mass is 19.1. The van der Waals surface area contributed by atoms with Crippen molar-refractivity contribution in [1.29, 1.82) is 0 Å². The van der Waals surface area contributed by atoms with Crippen LogP contribution in [0.3, 0.4) is 0 Å². The zero-order valence-corrected chi connectivity index (χ0v) is 20.3. The van der Waals surface area contributed by atoms with Crippen molar-refractivity contribution >= 4 is 22.8 Å². The molecule has 0 radical (unpaired) electrons. The van der Waals surface area contributed by atoms with Crippen LogP contribution in [0.4, 0.5) is 23.4 Å². The minimum Gasteiger partial charge on any atom is -0.389 e. The summed E-state index contributed by atoms with van der Waals surface area (Å²) < 4.78 is 59.3. The van der Waals surface area contributed by atoms with E-state index in [1.165, 1.54) is 4.90 Å². The van der Waals surface area contributed by atoms with E-state index >= 15 is 4.39 Å². The topological polar surface area (TPSA) is 108 Å². The van der Waals surface area contributed by atoms with Gasteiger partial charge >= 0.3 is 0 Å². The number of hydrogen-bond acceptors (Lipinski definition) is 6. The van der Waals surface area contributed by atoms with Gasteiger partial charge in [-0.3, -0.25) is 14.2 Å². The molecule has 2 aromatic heterocycles. The van der Waals surface area contributed by atoms with Gasteiger partial charge < -0.3 is 20.4 Å². The maximum atomic E-state index is 15.1. The highest BCUT2D eigenvalue weighted by molar-refractivity contribution is 5.97. The fraction of sp³-hybridized carbons (Fsp3) is 0.400. The number of aliphatic hydroxyl groups is 2. The molecular weight excluding hydrogens is 496 g/mol. The smallest absolute Gasteiger partial charge is 0.257 e. The van der Waals surface area contributed by atoms with E-state index in [0.717, 1.165) is 16.8 Å². The molecule has 3 N–H and O–H groups in total. The number of anilines is 1. The Labute approximate surface area is 209 Å². The van der Waals surface area contributed by atoms with Crippen molar-refractivity contribution in [2.24, 2.45) is 5.92 Å². The SMILES string of the molecule is CCC(NC(=O)c1cn(-c2c(F)cc(F)cc2F)c2nc(N3C[C@@H](O)[C@@H](O)C3)c(F)cc2c1=O)C(C)C. The third kappa shape index (κ3) is 4.90. The second-order valence-corrected chi connectivity index (χ2v) is 9.40. The molecule has 1 fully saturated rings. The normalized spacial score (nSPS) is 18.6. The molecule has 3 aromatic rings. The van der Waals surface area contributed by atoms with Crippen LogP contribution in [0.5, 0.6) is 0 Å². The van der Waals surface area contributed by atoms with Crippen molar-refractivity contribution in [1.82, 2.24) is 14.9 Å². The second kappa shape index (κ2) is 10.1. The number of aromatic nitrogens is 2. The number of benzene rings is 1. The van der Waals surface area contributed by atoms with Gasteiger partial charge in [-0.05, 0) is 18.4 Å². The lowest BCUT2D eigenvalue weighted by Gasteiger charge is -2.22. The Morgan fingerprint density at radius 3 is 2.22 bits per heavy atom. The third-order valence-electron chi connectivity index (χ3n) is 6.50. The van der Waals surface area contributed by atoms with E-state index in [0.29, 0.717) is 18.6 Å². The lowest BCUT2D eigenvalue weighted by Crippen LogP contribution is -2.40. The van der Waals surface area contributed by atoms with Crippen molar-refractivity contribution in [2.75, 3.05) is 18.0 Å². The van der Waals surface area contributed by atoms with Gasteiger partial charge in [-0.25, -0.2) is 22.5 Å². The highest BCUT2D eigenvalue weighted by Gasteiger charge is 2.33. The molecule has 1 aromatic carbocycles. The first-order chi connectivity index (χ1) is 17.4. The molecule has 4 rings (SSSR count). The molecule has 1 unspecified atom stereocenters. The molecule has 1 aliphatic rings. The Balaban J connectivity index is 1.99. The Morgan fingerprint density at radius 1 is 1.08 bits per heavy atom. The number of carbonyl (C=O) groups is 1. The molecule has 0 aliphatic carbocycles. The lowest BCUT2D eigenvalue weighted by atomic mass is 10.0. The fourth-order valence-electron chi connectivity index (χ4n) is 4.46. The van der Waals surface area contributed by atoms with E-state index in [1.54, 1.807) is 0 Å². The summed E-state index contributed by atoms with van der Waals surface area (Å²) in [6, 6.07) is 1.31. The van der Waals surface area contributed by atoms with Crippen LogP contribution in [0.2, 0.25) is 0 Å². The number of pyridine rings is 2. The number of fused-ring (bicyclic) bond motifs is 1. The van der Waals surface area contributed by atoms with E-state index in [-0.39, 0.29) is 30.9 Å². The molecule has 3 atom stereocenters. The predicted molar refractivity (Wildman–Crippen MR) is 128 cm³/mol. The molecule has 37 heavy (non-hydrogen) atoms. The number of halogens is 4. The maximum absolute atomic E-state index is 15.1. The first-order valence-electron chi connectivity index (χ1n) is 11.8. The van der Waals surface area contributed by atoms with Gasteiger partial charge in [0.1, 0.15) is 17.1 Å². The van der Waals surface area contributed by atoms with Crippen molar-refractivity contribution in [3.05, 3.63) is 63.5 Å². The number of nitrogens with one attached hydrogen (secondary N) is 1. The predicted octanol–water partition coefficient (Wildman–Crippen LogP) is 2.65. The quantitative estimate of drug-likeness (QED) is 0.430. The number of nitrogens with zero attached hydrogens (tertiary/aromatic N) is 3. The second-order valence-electron chi connectivity index (χ2n) is 9.40. The lowest BCUT2D eigenvalue weighted by molar-refractivity contribution is 0.0572. The van der Waals surface area contributed by atoms with Crippen molar-refractivity contribution in [2.45, 2.75) is 45.4 Å². The van der Waals surface area contributed by atoms with Crippen LogP contribution in [0.25, 0.3) is 16.7 Å². The van der Waals surface area contributed by atoms with Crippen LogP contribution < -0.4 is 15.6 Å². The van der Waals surface area contributed by atoms with Crippen LogP contribution in [0.1, 0.15) is 37.6 Å². The summed E-state index contributed by atoms with van der Waals surface area (Å²) >= 11 is 0. The third-order valence-corrected chi connectivity index (χ3v) is 6.50. The summed E-state index contributed by atoms with van der Waals surface area (Å²) in [6.07, 6.45) is -0.955. The largest absolute Gasteiger partial charge is 0.389 e. The molecule has 0 spiro atoms. The zero-order chi connectivity index (χ0) is 27.2. The molecule has 1 saturated heterocycles. The van der Waals surface area contributed by atoms with Gasteiger partial charge in [0, 0.05) is 37.5 Å². The summed E-state index contributed by atoms with van der Waals surface area (Å²) in [4.78, 5) is 31.7. The Morgan fingerprint density at radius 2 is 1.68 bits per heavy atom. The standard InChI is InChI=1S/C25H26F4N4O4/c1-4-18(11(2)3)30-25(37)14-8-33(21-15(27)5-12(26)6-16(21)28)23-13(22(14)36)7-17(29)24(31-23)32-9-19(34)20(35)10-32/h5-8,11,18-20,34-35H,4,9-10H2,1-3H3,(H,30,37)/t18?,19-,20+. The van der Waals surface area contributed by atoms with Crippen molar-refractivity contribution in [3.63, 3.8) is 0 Å². The fourth-order valence-corrected chi connectivity index (χ4v) is 4.46. The van der Waals surface area contributed by atoms with Crippen LogP contribution in [-0.4, -0.2) is 57.0 Å². The van der Waals surface area contributed by atoms with E-state index < -0.39 is 69.1 Å². The van der Waals surface area contributed by atoms with Gasteiger partial charge in [-0.1, -0.05) is 20.8 Å². The molecule has 0 saturated carbocycles. The zero-order valence-electron chi connectivity index (χ0n) is 20.3. The first-order valence-corrected chi connectivity index (χ1v) is 11.8. The number of hydrogen-bond donors (Lipinski definition) is 3. The average Bonchev–Trinajstić information content (AvgIpc) is 3.15. The number of amides is 1. The monoisotopic (exact) mass is 522 g/mol. The van der Waals surface area contributed by atoms with E-state index in [1.807, 2.05) is 20.8 Å². The molecule has 1 amide bonds. The Kier molecular flexibility index (Phi) is 7.24. The van der Waals surface area contributed by atoms with Gasteiger partial charge in [0.25, 0.3) is 5.91 Å².